The first-order chi connectivity index (χ1) is 13.7. The van der Waals surface area contributed by atoms with Gasteiger partial charge in [0.25, 0.3) is 5.91 Å². The minimum atomic E-state index is -0.253. The predicted octanol–water partition coefficient (Wildman–Crippen LogP) is 3.40. The third kappa shape index (κ3) is 4.87. The van der Waals surface area contributed by atoms with Crippen molar-refractivity contribution >= 4 is 5.91 Å². The molecule has 28 heavy (non-hydrogen) atoms. The lowest BCUT2D eigenvalue weighted by Crippen LogP contribution is -2.37. The van der Waals surface area contributed by atoms with Crippen LogP contribution >= 0.6 is 0 Å². The number of halogens is 1. The van der Waals surface area contributed by atoms with Gasteiger partial charge in [0.05, 0.1) is 18.4 Å². The molecule has 0 spiro atoms. The van der Waals surface area contributed by atoms with Gasteiger partial charge in [0.15, 0.2) is 0 Å². The van der Waals surface area contributed by atoms with E-state index in [1.54, 1.807) is 12.3 Å². The molecule has 1 aromatic carbocycles. The van der Waals surface area contributed by atoms with Gasteiger partial charge in [-0.25, -0.2) is 4.39 Å². The number of benzene rings is 1. The second-order valence-corrected chi connectivity index (χ2v) is 7.77. The van der Waals surface area contributed by atoms with E-state index in [4.69, 9.17) is 4.74 Å². The largest absolute Gasteiger partial charge is 0.492 e. The first-order valence-corrected chi connectivity index (χ1v) is 10.0. The van der Waals surface area contributed by atoms with E-state index in [1.807, 2.05) is 24.3 Å². The third-order valence-corrected chi connectivity index (χ3v) is 5.37. The molecule has 1 aromatic heterocycles. The average molecular weight is 383 g/mol. The van der Waals surface area contributed by atoms with Crippen molar-refractivity contribution in [2.45, 2.75) is 38.3 Å². The molecule has 0 radical (unpaired) electrons. The fourth-order valence-electron chi connectivity index (χ4n) is 3.68. The molecule has 1 atom stereocenters. The van der Waals surface area contributed by atoms with Gasteiger partial charge in [0.2, 0.25) is 0 Å². The highest BCUT2D eigenvalue weighted by Gasteiger charge is 2.26. The van der Waals surface area contributed by atoms with Gasteiger partial charge in [-0.3, -0.25) is 14.7 Å². The van der Waals surface area contributed by atoms with Crippen molar-refractivity contribution in [1.29, 1.82) is 0 Å². The first-order valence-electron chi connectivity index (χ1n) is 10.0. The number of piperidine rings is 1. The van der Waals surface area contributed by atoms with Crippen molar-refractivity contribution in [1.82, 2.24) is 15.2 Å². The van der Waals surface area contributed by atoms with Crippen LogP contribution in [0.15, 0.2) is 42.7 Å². The van der Waals surface area contributed by atoms with E-state index in [2.05, 4.69) is 15.2 Å². The van der Waals surface area contributed by atoms with E-state index in [0.29, 0.717) is 42.0 Å². The fraction of sp³-hybridized carbons (Fsp3) is 0.455. The number of hydrogen-bond donors (Lipinski definition) is 1. The van der Waals surface area contributed by atoms with Crippen LogP contribution in [-0.4, -0.2) is 41.5 Å². The van der Waals surface area contributed by atoms with E-state index in [1.165, 1.54) is 6.20 Å². The zero-order chi connectivity index (χ0) is 19.3. The Kier molecular flexibility index (Phi) is 5.86. The van der Waals surface area contributed by atoms with Crippen molar-refractivity contribution in [2.75, 3.05) is 19.7 Å². The van der Waals surface area contributed by atoms with E-state index in [-0.39, 0.29) is 11.7 Å². The van der Waals surface area contributed by atoms with E-state index in [0.717, 1.165) is 38.8 Å². The summed E-state index contributed by atoms with van der Waals surface area (Å²) in [6.45, 7) is 2.96. The second-order valence-electron chi connectivity index (χ2n) is 7.77. The Labute approximate surface area is 164 Å². The SMILES string of the molecule is O=C(NC1CC1)c1ccccc1OCC1CCCN(Cc2ccncc2F)C1. The van der Waals surface area contributed by atoms with Gasteiger partial charge in [0, 0.05) is 36.8 Å². The van der Waals surface area contributed by atoms with Crippen LogP contribution in [0.25, 0.3) is 0 Å². The van der Waals surface area contributed by atoms with Crippen molar-refractivity contribution < 1.29 is 13.9 Å². The summed E-state index contributed by atoms with van der Waals surface area (Å²) in [5.74, 6) is 0.684. The molecule has 1 saturated heterocycles. The van der Waals surface area contributed by atoms with Crippen LogP contribution in [0.3, 0.4) is 0 Å². The average Bonchev–Trinajstić information content (AvgIpc) is 3.53. The van der Waals surface area contributed by atoms with Crippen LogP contribution in [0.5, 0.6) is 5.75 Å². The zero-order valence-corrected chi connectivity index (χ0v) is 15.9. The summed E-state index contributed by atoms with van der Waals surface area (Å²) >= 11 is 0. The monoisotopic (exact) mass is 383 g/mol. The highest BCUT2D eigenvalue weighted by atomic mass is 19.1. The molecule has 2 fully saturated rings. The molecule has 148 valence electrons. The number of carbonyl (C=O) groups excluding carboxylic acids is 1. The number of likely N-dealkylation sites (tertiary alicyclic amines) is 1. The minimum absolute atomic E-state index is 0.0588. The van der Waals surface area contributed by atoms with Crippen molar-refractivity contribution in [3.05, 3.63) is 59.7 Å². The molecule has 2 aliphatic rings. The maximum Gasteiger partial charge on any atom is 0.255 e. The van der Waals surface area contributed by atoms with Crippen molar-refractivity contribution in [2.24, 2.45) is 5.92 Å². The summed E-state index contributed by atoms with van der Waals surface area (Å²) < 4.78 is 19.9. The van der Waals surface area contributed by atoms with Crippen LogP contribution < -0.4 is 10.1 Å². The Balaban J connectivity index is 1.33. The molecule has 6 heteroatoms. The maximum absolute atomic E-state index is 13.9. The summed E-state index contributed by atoms with van der Waals surface area (Å²) in [4.78, 5) is 18.5. The van der Waals surface area contributed by atoms with Crippen LogP contribution in [0.4, 0.5) is 4.39 Å². The van der Waals surface area contributed by atoms with E-state index >= 15 is 0 Å². The van der Waals surface area contributed by atoms with Gasteiger partial charge < -0.3 is 10.1 Å². The molecule has 4 rings (SSSR count). The quantitative estimate of drug-likeness (QED) is 0.796. The molecule has 5 nitrogen and oxygen atoms in total. The highest BCUT2D eigenvalue weighted by Crippen LogP contribution is 2.25. The van der Waals surface area contributed by atoms with Crippen LogP contribution in [0, 0.1) is 11.7 Å². The topological polar surface area (TPSA) is 54.5 Å². The minimum Gasteiger partial charge on any atom is -0.492 e. The van der Waals surface area contributed by atoms with Gasteiger partial charge in [-0.1, -0.05) is 12.1 Å². The number of nitrogens with zero attached hydrogens (tertiary/aromatic N) is 2. The summed E-state index contributed by atoms with van der Waals surface area (Å²) in [5, 5.41) is 3.02. The third-order valence-electron chi connectivity index (χ3n) is 5.37. The van der Waals surface area contributed by atoms with Gasteiger partial charge in [-0.2, -0.15) is 0 Å². The molecule has 1 amide bonds. The van der Waals surface area contributed by atoms with Crippen molar-refractivity contribution in [3.8, 4) is 5.75 Å². The number of amides is 1. The number of pyridine rings is 1. The second kappa shape index (κ2) is 8.69. The number of rotatable bonds is 7. The molecular formula is C22H26FN3O2. The number of nitrogens with one attached hydrogen (secondary N) is 1. The summed E-state index contributed by atoms with van der Waals surface area (Å²) in [7, 11) is 0. The van der Waals surface area contributed by atoms with Gasteiger partial charge >= 0.3 is 0 Å². The van der Waals surface area contributed by atoms with Crippen LogP contribution in [0.1, 0.15) is 41.6 Å². The summed E-state index contributed by atoms with van der Waals surface area (Å²) in [6, 6.07) is 9.48. The van der Waals surface area contributed by atoms with E-state index in [9.17, 15) is 9.18 Å². The van der Waals surface area contributed by atoms with Gasteiger partial charge in [-0.15, -0.1) is 0 Å². The van der Waals surface area contributed by atoms with Crippen LogP contribution in [0.2, 0.25) is 0 Å². The standard InChI is InChI=1S/C22H26FN3O2/c23-20-12-24-10-9-17(20)14-26-11-3-4-16(13-26)15-28-21-6-2-1-5-19(21)22(27)25-18-7-8-18/h1-2,5-6,9-10,12,16,18H,3-4,7-8,11,13-15H2,(H,25,27). The zero-order valence-electron chi connectivity index (χ0n) is 15.9. The van der Waals surface area contributed by atoms with E-state index < -0.39 is 0 Å². The number of hydrogen-bond acceptors (Lipinski definition) is 4. The Morgan fingerprint density at radius 1 is 1.25 bits per heavy atom. The number of ether oxygens (including phenoxy) is 1. The lowest BCUT2D eigenvalue weighted by Gasteiger charge is -2.32. The molecular weight excluding hydrogens is 357 g/mol. The lowest BCUT2D eigenvalue weighted by atomic mass is 9.98. The maximum atomic E-state index is 13.9. The van der Waals surface area contributed by atoms with Gasteiger partial charge in [0.1, 0.15) is 11.6 Å². The Morgan fingerprint density at radius 3 is 2.93 bits per heavy atom. The Hall–Kier alpha value is -2.47. The molecule has 1 unspecified atom stereocenters. The smallest absolute Gasteiger partial charge is 0.255 e. The van der Waals surface area contributed by atoms with Gasteiger partial charge in [-0.05, 0) is 50.4 Å². The van der Waals surface area contributed by atoms with Crippen molar-refractivity contribution in [3.63, 3.8) is 0 Å². The number of aromatic nitrogens is 1. The van der Waals surface area contributed by atoms with Crippen LogP contribution in [-0.2, 0) is 6.54 Å². The Bertz CT molecular complexity index is 825. The fourth-order valence-corrected chi connectivity index (χ4v) is 3.68. The molecule has 1 saturated carbocycles. The molecule has 1 aliphatic heterocycles. The molecule has 2 heterocycles. The molecule has 0 bridgehead atoms. The predicted molar refractivity (Wildman–Crippen MR) is 105 cm³/mol. The lowest BCUT2D eigenvalue weighted by molar-refractivity contribution is 0.0940. The molecule has 2 aromatic rings. The first kappa shape index (κ1) is 18.9. The number of para-hydroxylation sites is 1. The summed E-state index contributed by atoms with van der Waals surface area (Å²) in [5.41, 5.74) is 1.28. The molecule has 1 aliphatic carbocycles. The highest BCUT2D eigenvalue weighted by molar-refractivity contribution is 5.97. The normalized spacial score (nSPS) is 20.0. The Morgan fingerprint density at radius 2 is 2.11 bits per heavy atom. The molecule has 1 N–H and O–H groups in total. The number of carbonyl (C=O) groups is 1. The summed E-state index contributed by atoms with van der Waals surface area (Å²) in [6.07, 6.45) is 7.15.